The Kier molecular flexibility index (Phi) is 3.97. The average Bonchev–Trinajstić information content (AvgIpc) is 3.09. The lowest BCUT2D eigenvalue weighted by Crippen LogP contribution is -2.11. The summed E-state index contributed by atoms with van der Waals surface area (Å²) in [6, 6.07) is 18.1. The highest BCUT2D eigenvalue weighted by Gasteiger charge is 2.22. The maximum Gasteiger partial charge on any atom is 0.287 e. The topological polar surface area (TPSA) is 95.1 Å². The fourth-order valence-electron chi connectivity index (χ4n) is 2.91. The number of rotatable bonds is 4. The predicted octanol–water partition coefficient (Wildman–Crippen LogP) is 3.85. The molecule has 7 nitrogen and oxygen atoms in total. The van der Waals surface area contributed by atoms with Crippen LogP contribution in [0.5, 0.6) is 0 Å². The van der Waals surface area contributed by atoms with E-state index in [9.17, 15) is 18.5 Å². The van der Waals surface area contributed by atoms with Crippen LogP contribution in [0.15, 0.2) is 84.0 Å². The van der Waals surface area contributed by atoms with Gasteiger partial charge in [0.2, 0.25) is 0 Å². The minimum absolute atomic E-state index is 0.126. The molecular weight excluding hydrogens is 366 g/mol. The molecule has 0 N–H and O–H groups in total. The number of hydrogen-bond acceptors (Lipinski definition) is 5. The zero-order chi connectivity index (χ0) is 19.0. The monoisotopic (exact) mass is 379 g/mol. The van der Waals surface area contributed by atoms with Crippen molar-refractivity contribution < 1.29 is 13.3 Å². The summed E-state index contributed by atoms with van der Waals surface area (Å²) in [6.07, 6.45) is 2.66. The van der Waals surface area contributed by atoms with E-state index in [0.29, 0.717) is 22.2 Å². The summed E-state index contributed by atoms with van der Waals surface area (Å²) in [4.78, 5) is 14.6. The third kappa shape index (κ3) is 2.85. The second-order valence-corrected chi connectivity index (χ2v) is 7.65. The quantitative estimate of drug-likeness (QED) is 0.396. The Morgan fingerprint density at radius 1 is 0.926 bits per heavy atom. The molecule has 4 aromatic rings. The highest BCUT2D eigenvalue weighted by Crippen LogP contribution is 2.32. The van der Waals surface area contributed by atoms with Gasteiger partial charge in [0.05, 0.1) is 21.0 Å². The van der Waals surface area contributed by atoms with E-state index in [0.717, 1.165) is 6.20 Å². The molecule has 0 spiro atoms. The Labute approximate surface area is 154 Å². The number of aromatic nitrogens is 2. The van der Waals surface area contributed by atoms with Crippen molar-refractivity contribution in [2.24, 2.45) is 0 Å². The van der Waals surface area contributed by atoms with E-state index in [-0.39, 0.29) is 10.6 Å². The van der Waals surface area contributed by atoms with Gasteiger partial charge in [-0.05, 0) is 24.3 Å². The summed E-state index contributed by atoms with van der Waals surface area (Å²) in [6.45, 7) is 0. The molecule has 134 valence electrons. The SMILES string of the molecule is O=[N+]([O-])c1ccc(-c2cn(S(=O)(=O)c3ccccc3)c3ccccc23)nc1. The van der Waals surface area contributed by atoms with Crippen molar-refractivity contribution in [3.8, 4) is 11.3 Å². The first kappa shape index (κ1) is 16.9. The van der Waals surface area contributed by atoms with Crippen LogP contribution in [-0.4, -0.2) is 22.3 Å². The minimum Gasteiger partial charge on any atom is -0.258 e. The highest BCUT2D eigenvalue weighted by molar-refractivity contribution is 7.90. The van der Waals surface area contributed by atoms with E-state index in [1.54, 1.807) is 42.5 Å². The third-order valence-corrected chi connectivity index (χ3v) is 5.90. The van der Waals surface area contributed by atoms with E-state index in [2.05, 4.69) is 4.98 Å². The molecule has 0 radical (unpaired) electrons. The van der Waals surface area contributed by atoms with Gasteiger partial charge in [-0.1, -0.05) is 36.4 Å². The Bertz CT molecular complexity index is 1250. The van der Waals surface area contributed by atoms with E-state index < -0.39 is 14.9 Å². The third-order valence-electron chi connectivity index (χ3n) is 4.21. The van der Waals surface area contributed by atoms with Gasteiger partial charge in [-0.2, -0.15) is 0 Å². The first-order valence-electron chi connectivity index (χ1n) is 8.00. The van der Waals surface area contributed by atoms with E-state index in [1.165, 1.54) is 34.4 Å². The van der Waals surface area contributed by atoms with Gasteiger partial charge in [-0.3, -0.25) is 10.1 Å². The Balaban J connectivity index is 1.94. The van der Waals surface area contributed by atoms with Crippen LogP contribution in [0, 0.1) is 10.1 Å². The first-order valence-corrected chi connectivity index (χ1v) is 9.44. The van der Waals surface area contributed by atoms with Crippen molar-refractivity contribution in [3.63, 3.8) is 0 Å². The average molecular weight is 379 g/mol. The van der Waals surface area contributed by atoms with Crippen LogP contribution in [0.1, 0.15) is 0 Å². The van der Waals surface area contributed by atoms with Crippen LogP contribution in [0.2, 0.25) is 0 Å². The number of pyridine rings is 1. The number of nitrogens with zero attached hydrogens (tertiary/aromatic N) is 3. The smallest absolute Gasteiger partial charge is 0.258 e. The van der Waals surface area contributed by atoms with Crippen LogP contribution >= 0.6 is 0 Å². The summed E-state index contributed by atoms with van der Waals surface area (Å²) < 4.78 is 27.4. The number of para-hydroxylation sites is 1. The van der Waals surface area contributed by atoms with Crippen LogP contribution in [0.4, 0.5) is 5.69 Å². The normalized spacial score (nSPS) is 11.6. The van der Waals surface area contributed by atoms with Gasteiger partial charge in [0.15, 0.2) is 0 Å². The van der Waals surface area contributed by atoms with Crippen LogP contribution in [0.3, 0.4) is 0 Å². The summed E-state index contributed by atoms with van der Waals surface area (Å²) in [5, 5.41) is 11.5. The van der Waals surface area contributed by atoms with Crippen molar-refractivity contribution >= 4 is 26.6 Å². The molecule has 27 heavy (non-hydrogen) atoms. The molecule has 4 rings (SSSR count). The van der Waals surface area contributed by atoms with E-state index in [1.807, 2.05) is 0 Å². The van der Waals surface area contributed by atoms with Crippen molar-refractivity contribution in [3.05, 3.63) is 89.2 Å². The van der Waals surface area contributed by atoms with Gasteiger partial charge < -0.3 is 0 Å². The van der Waals surface area contributed by atoms with Crippen LogP contribution < -0.4 is 0 Å². The molecule has 0 saturated heterocycles. The summed E-state index contributed by atoms with van der Waals surface area (Å²) in [5.41, 5.74) is 1.43. The van der Waals surface area contributed by atoms with Crippen molar-refractivity contribution in [1.29, 1.82) is 0 Å². The van der Waals surface area contributed by atoms with Gasteiger partial charge in [-0.15, -0.1) is 0 Å². The Hall–Kier alpha value is -3.52. The van der Waals surface area contributed by atoms with Crippen molar-refractivity contribution in [1.82, 2.24) is 8.96 Å². The maximum absolute atomic E-state index is 13.1. The molecule has 0 bridgehead atoms. The van der Waals surface area contributed by atoms with Gasteiger partial charge in [0, 0.05) is 23.2 Å². The zero-order valence-corrected chi connectivity index (χ0v) is 14.7. The number of nitro groups is 1. The van der Waals surface area contributed by atoms with E-state index >= 15 is 0 Å². The number of hydrogen-bond donors (Lipinski definition) is 0. The lowest BCUT2D eigenvalue weighted by molar-refractivity contribution is -0.385. The molecule has 0 saturated carbocycles. The van der Waals surface area contributed by atoms with E-state index in [4.69, 9.17) is 0 Å². The van der Waals surface area contributed by atoms with Gasteiger partial charge in [0.1, 0.15) is 6.20 Å². The molecular formula is C19H13N3O4S. The Morgan fingerprint density at radius 2 is 1.63 bits per heavy atom. The lowest BCUT2D eigenvalue weighted by Gasteiger charge is -2.07. The summed E-state index contributed by atoms with van der Waals surface area (Å²) >= 11 is 0. The standard InChI is InChI=1S/C19H13N3O4S/c23-22(24)14-10-11-18(20-12-14)17-13-21(19-9-5-4-8-16(17)19)27(25,26)15-6-2-1-3-7-15/h1-13H. The fourth-order valence-corrected chi connectivity index (χ4v) is 4.30. The number of fused-ring (bicyclic) bond motifs is 1. The molecule has 0 atom stereocenters. The summed E-state index contributed by atoms with van der Waals surface area (Å²) in [7, 11) is -3.79. The molecule has 0 aliphatic carbocycles. The molecule has 0 aliphatic heterocycles. The highest BCUT2D eigenvalue weighted by atomic mass is 32.2. The molecule has 2 aromatic heterocycles. The maximum atomic E-state index is 13.1. The Morgan fingerprint density at radius 3 is 2.30 bits per heavy atom. The lowest BCUT2D eigenvalue weighted by atomic mass is 10.1. The fraction of sp³-hybridized carbons (Fsp3) is 0. The molecule has 8 heteroatoms. The largest absolute Gasteiger partial charge is 0.287 e. The van der Waals surface area contributed by atoms with Crippen LogP contribution in [0.25, 0.3) is 22.2 Å². The molecule has 0 amide bonds. The van der Waals surface area contributed by atoms with Crippen molar-refractivity contribution in [2.45, 2.75) is 4.90 Å². The zero-order valence-electron chi connectivity index (χ0n) is 13.9. The second kappa shape index (κ2) is 6.33. The molecule has 2 heterocycles. The summed E-state index contributed by atoms with van der Waals surface area (Å²) in [5.74, 6) is 0. The molecule has 0 fully saturated rings. The predicted molar refractivity (Wildman–Crippen MR) is 101 cm³/mol. The van der Waals surface area contributed by atoms with Gasteiger partial charge in [0.25, 0.3) is 15.7 Å². The van der Waals surface area contributed by atoms with Gasteiger partial charge >= 0.3 is 0 Å². The van der Waals surface area contributed by atoms with Crippen LogP contribution in [-0.2, 0) is 10.0 Å². The second-order valence-electron chi connectivity index (χ2n) is 5.83. The molecule has 0 unspecified atom stereocenters. The minimum atomic E-state index is -3.79. The molecule has 0 aliphatic rings. The first-order chi connectivity index (χ1) is 13.0. The number of benzene rings is 2. The van der Waals surface area contributed by atoms with Crippen molar-refractivity contribution in [2.75, 3.05) is 0 Å². The van der Waals surface area contributed by atoms with Gasteiger partial charge in [-0.25, -0.2) is 17.4 Å². The molecule has 2 aromatic carbocycles.